The van der Waals surface area contributed by atoms with Crippen LogP contribution >= 0.6 is 0 Å². The fourth-order valence-corrected chi connectivity index (χ4v) is 2.58. The van der Waals surface area contributed by atoms with Crippen LogP contribution in [0, 0.1) is 6.92 Å². The lowest BCUT2D eigenvalue weighted by atomic mass is 10.2. The molecule has 0 radical (unpaired) electrons. The van der Waals surface area contributed by atoms with Gasteiger partial charge in [0, 0.05) is 32.7 Å². The molecule has 1 aliphatic rings. The summed E-state index contributed by atoms with van der Waals surface area (Å²) in [6.45, 7) is 5.72. The van der Waals surface area contributed by atoms with Crippen molar-refractivity contribution in [1.29, 1.82) is 0 Å². The summed E-state index contributed by atoms with van der Waals surface area (Å²) in [5, 5.41) is 13.5. The third kappa shape index (κ3) is 2.80. The van der Waals surface area contributed by atoms with Gasteiger partial charge in [0.1, 0.15) is 17.5 Å². The van der Waals surface area contributed by atoms with E-state index in [-0.39, 0.29) is 6.42 Å². The van der Waals surface area contributed by atoms with Gasteiger partial charge in [-0.2, -0.15) is 4.98 Å². The number of aromatic nitrogens is 3. The van der Waals surface area contributed by atoms with Gasteiger partial charge in [0.05, 0.1) is 12.1 Å². The van der Waals surface area contributed by atoms with Crippen molar-refractivity contribution in [1.82, 2.24) is 20.0 Å². The molecule has 0 unspecified atom stereocenters. The van der Waals surface area contributed by atoms with E-state index in [4.69, 9.17) is 9.63 Å². The Morgan fingerprint density at radius 1 is 1.33 bits per heavy atom. The van der Waals surface area contributed by atoms with Gasteiger partial charge in [-0.3, -0.25) is 9.69 Å². The number of anilines is 1. The van der Waals surface area contributed by atoms with Gasteiger partial charge in [0.2, 0.25) is 0 Å². The third-order valence-corrected chi connectivity index (χ3v) is 3.74. The Morgan fingerprint density at radius 2 is 2.10 bits per heavy atom. The summed E-state index contributed by atoms with van der Waals surface area (Å²) in [6, 6.07) is 0. The number of carbonyl (C=O) groups is 1. The molecular weight excluding hydrogens is 274 g/mol. The Kier molecular flexibility index (Phi) is 3.70. The van der Waals surface area contributed by atoms with Crippen molar-refractivity contribution in [3.8, 4) is 0 Å². The largest absolute Gasteiger partial charge is 0.481 e. The van der Waals surface area contributed by atoms with E-state index in [1.165, 1.54) is 6.33 Å². The first kappa shape index (κ1) is 13.7. The smallest absolute Gasteiger partial charge is 0.304 e. The molecule has 1 fully saturated rings. The van der Waals surface area contributed by atoms with Crippen LogP contribution in [-0.4, -0.2) is 63.8 Å². The molecule has 0 aromatic carbocycles. The summed E-state index contributed by atoms with van der Waals surface area (Å²) in [6.07, 6.45) is 1.67. The molecule has 8 heteroatoms. The summed E-state index contributed by atoms with van der Waals surface area (Å²) in [7, 11) is 0. The predicted octanol–water partition coefficient (Wildman–Crippen LogP) is 0.523. The molecule has 2 aromatic heterocycles. The molecule has 1 aliphatic heterocycles. The Balaban J connectivity index is 1.71. The zero-order valence-electron chi connectivity index (χ0n) is 11.8. The zero-order valence-corrected chi connectivity index (χ0v) is 11.8. The van der Waals surface area contributed by atoms with Crippen molar-refractivity contribution in [3.63, 3.8) is 0 Å². The van der Waals surface area contributed by atoms with Crippen molar-refractivity contribution < 1.29 is 14.4 Å². The highest BCUT2D eigenvalue weighted by molar-refractivity contribution is 5.87. The normalized spacial score (nSPS) is 16.5. The van der Waals surface area contributed by atoms with E-state index in [1.807, 2.05) is 6.92 Å². The molecule has 0 atom stereocenters. The zero-order chi connectivity index (χ0) is 14.8. The Morgan fingerprint density at radius 3 is 2.81 bits per heavy atom. The van der Waals surface area contributed by atoms with Crippen molar-refractivity contribution in [3.05, 3.63) is 12.0 Å². The summed E-state index contributed by atoms with van der Waals surface area (Å²) in [5.41, 5.74) is 1.29. The molecule has 0 aliphatic carbocycles. The van der Waals surface area contributed by atoms with Gasteiger partial charge in [-0.1, -0.05) is 5.16 Å². The molecule has 8 nitrogen and oxygen atoms in total. The molecule has 112 valence electrons. The monoisotopic (exact) mass is 291 g/mol. The second kappa shape index (κ2) is 5.65. The maximum absolute atomic E-state index is 10.6. The number of nitrogens with zero attached hydrogens (tertiary/aromatic N) is 5. The van der Waals surface area contributed by atoms with Gasteiger partial charge in [0.25, 0.3) is 5.71 Å². The minimum absolute atomic E-state index is 0.183. The molecule has 1 N–H and O–H groups in total. The number of aryl methyl sites for hydroxylation is 1. The molecule has 0 saturated carbocycles. The van der Waals surface area contributed by atoms with E-state index in [0.717, 1.165) is 43.1 Å². The topological polar surface area (TPSA) is 95.6 Å². The van der Waals surface area contributed by atoms with Crippen LogP contribution in [0.1, 0.15) is 12.1 Å². The van der Waals surface area contributed by atoms with Gasteiger partial charge in [-0.05, 0) is 6.92 Å². The van der Waals surface area contributed by atoms with Gasteiger partial charge in [0.15, 0.2) is 0 Å². The number of carboxylic acid groups (broad SMARTS) is 1. The van der Waals surface area contributed by atoms with E-state index < -0.39 is 5.97 Å². The molecule has 2 aromatic rings. The van der Waals surface area contributed by atoms with Crippen molar-refractivity contribution in [2.45, 2.75) is 13.3 Å². The third-order valence-electron chi connectivity index (χ3n) is 3.74. The number of hydrogen-bond acceptors (Lipinski definition) is 7. The number of rotatable bonds is 4. The fraction of sp³-hybridized carbons (Fsp3) is 0.538. The highest BCUT2D eigenvalue weighted by atomic mass is 16.5. The van der Waals surface area contributed by atoms with Crippen LogP contribution in [0.2, 0.25) is 0 Å². The van der Waals surface area contributed by atoms with Crippen LogP contribution in [0.25, 0.3) is 11.1 Å². The lowest BCUT2D eigenvalue weighted by Gasteiger charge is -2.35. The van der Waals surface area contributed by atoms with Gasteiger partial charge < -0.3 is 14.5 Å². The number of fused-ring (bicyclic) bond motifs is 1. The number of piperazine rings is 1. The van der Waals surface area contributed by atoms with Crippen LogP contribution < -0.4 is 4.90 Å². The number of aliphatic carboxylic acids is 1. The van der Waals surface area contributed by atoms with E-state index in [2.05, 4.69) is 24.9 Å². The van der Waals surface area contributed by atoms with E-state index in [9.17, 15) is 4.79 Å². The molecule has 0 spiro atoms. The average molecular weight is 291 g/mol. The van der Waals surface area contributed by atoms with Crippen molar-refractivity contribution in [2.24, 2.45) is 0 Å². The fourth-order valence-electron chi connectivity index (χ4n) is 2.58. The minimum Gasteiger partial charge on any atom is -0.481 e. The maximum atomic E-state index is 10.6. The molecular formula is C13H17N5O3. The SMILES string of the molecule is Cc1noc2ncnc(N3CCN(CCC(=O)O)CC3)c12. The Labute approximate surface area is 121 Å². The lowest BCUT2D eigenvalue weighted by molar-refractivity contribution is -0.137. The van der Waals surface area contributed by atoms with Crippen LogP contribution in [0.3, 0.4) is 0 Å². The van der Waals surface area contributed by atoms with Gasteiger partial charge >= 0.3 is 5.97 Å². The molecule has 3 heterocycles. The molecule has 3 rings (SSSR count). The van der Waals surface area contributed by atoms with Crippen LogP contribution in [0.5, 0.6) is 0 Å². The van der Waals surface area contributed by atoms with Gasteiger partial charge in [-0.25, -0.2) is 4.98 Å². The molecule has 21 heavy (non-hydrogen) atoms. The predicted molar refractivity (Wildman–Crippen MR) is 75.2 cm³/mol. The first-order chi connectivity index (χ1) is 10.1. The summed E-state index contributed by atoms with van der Waals surface area (Å²) < 4.78 is 5.16. The van der Waals surface area contributed by atoms with Crippen LogP contribution in [-0.2, 0) is 4.79 Å². The van der Waals surface area contributed by atoms with Gasteiger partial charge in [-0.15, -0.1) is 0 Å². The average Bonchev–Trinajstić information content (AvgIpc) is 2.87. The Bertz CT molecular complexity index is 648. The van der Waals surface area contributed by atoms with Crippen LogP contribution in [0.15, 0.2) is 10.9 Å². The molecule has 1 saturated heterocycles. The summed E-state index contributed by atoms with van der Waals surface area (Å²) in [5.74, 6) is 0.0895. The standard InChI is InChI=1S/C13H17N5O3/c1-9-11-12(14-8-15-13(11)21-16-9)18-6-4-17(5-7-18)3-2-10(19)20/h8H,2-7H2,1H3,(H,19,20). The van der Waals surface area contributed by atoms with Crippen molar-refractivity contribution in [2.75, 3.05) is 37.6 Å². The second-order valence-corrected chi connectivity index (χ2v) is 5.12. The molecule has 0 bridgehead atoms. The van der Waals surface area contributed by atoms with E-state index in [0.29, 0.717) is 12.3 Å². The maximum Gasteiger partial charge on any atom is 0.304 e. The first-order valence-corrected chi connectivity index (χ1v) is 6.91. The first-order valence-electron chi connectivity index (χ1n) is 6.91. The van der Waals surface area contributed by atoms with Crippen molar-refractivity contribution >= 4 is 22.9 Å². The highest BCUT2D eigenvalue weighted by Crippen LogP contribution is 2.26. The number of carboxylic acids is 1. The highest BCUT2D eigenvalue weighted by Gasteiger charge is 2.22. The quantitative estimate of drug-likeness (QED) is 0.871. The summed E-state index contributed by atoms with van der Waals surface area (Å²) >= 11 is 0. The number of hydrogen-bond donors (Lipinski definition) is 1. The summed E-state index contributed by atoms with van der Waals surface area (Å²) in [4.78, 5) is 23.4. The second-order valence-electron chi connectivity index (χ2n) is 5.12. The van der Waals surface area contributed by atoms with E-state index >= 15 is 0 Å². The minimum atomic E-state index is -0.755. The van der Waals surface area contributed by atoms with E-state index in [1.54, 1.807) is 0 Å². The molecule has 0 amide bonds. The Hall–Kier alpha value is -2.22. The lowest BCUT2D eigenvalue weighted by Crippen LogP contribution is -2.47. The van der Waals surface area contributed by atoms with Crippen LogP contribution in [0.4, 0.5) is 5.82 Å².